The molecule has 0 spiro atoms. The molecule has 0 amide bonds. The largest absolute Gasteiger partial charge is 0.357 e. The molecule has 7 heteroatoms. The summed E-state index contributed by atoms with van der Waals surface area (Å²) in [6.07, 6.45) is 3.89. The summed E-state index contributed by atoms with van der Waals surface area (Å²) in [5.74, 6) is 0.839. The standard InChI is InChI=1S/C24H34N4O2S/c1-3-25-24(27-17-21-8-12-23(13-9-21)19-31(2,29)30)26-16-20-6-10-22(11-7-20)18-28-14-4-5-15-28/h6-13H,3-5,14-19H2,1-2H3,(H2,25,26,27). The maximum atomic E-state index is 11.4. The van der Waals surface area contributed by atoms with E-state index in [1.807, 2.05) is 31.2 Å². The van der Waals surface area contributed by atoms with Crippen molar-refractivity contribution in [1.29, 1.82) is 0 Å². The van der Waals surface area contributed by atoms with Gasteiger partial charge in [-0.1, -0.05) is 48.5 Å². The summed E-state index contributed by atoms with van der Waals surface area (Å²) in [6, 6.07) is 16.4. The fraction of sp³-hybridized carbons (Fsp3) is 0.458. The lowest BCUT2D eigenvalue weighted by Crippen LogP contribution is -2.36. The van der Waals surface area contributed by atoms with Crippen molar-refractivity contribution in [2.45, 2.75) is 45.2 Å². The molecule has 0 atom stereocenters. The van der Waals surface area contributed by atoms with Gasteiger partial charge in [-0.2, -0.15) is 0 Å². The molecule has 0 aromatic heterocycles. The minimum atomic E-state index is -3.01. The van der Waals surface area contributed by atoms with Crippen LogP contribution < -0.4 is 10.6 Å². The van der Waals surface area contributed by atoms with Gasteiger partial charge in [0.05, 0.1) is 12.3 Å². The van der Waals surface area contributed by atoms with Gasteiger partial charge in [0.15, 0.2) is 15.8 Å². The Hall–Kier alpha value is -2.38. The second kappa shape index (κ2) is 11.3. The first-order chi connectivity index (χ1) is 14.9. The lowest BCUT2D eigenvalue weighted by atomic mass is 10.1. The molecule has 2 aromatic rings. The van der Waals surface area contributed by atoms with Gasteiger partial charge in [0, 0.05) is 25.9 Å². The van der Waals surface area contributed by atoms with E-state index >= 15 is 0 Å². The van der Waals surface area contributed by atoms with E-state index in [1.165, 1.54) is 43.3 Å². The van der Waals surface area contributed by atoms with E-state index in [0.29, 0.717) is 13.1 Å². The molecule has 1 saturated heterocycles. The Labute approximate surface area is 186 Å². The SMILES string of the molecule is CCNC(=NCc1ccc(CN2CCCC2)cc1)NCc1ccc(CS(C)(=O)=O)cc1. The zero-order valence-electron chi connectivity index (χ0n) is 18.6. The highest BCUT2D eigenvalue weighted by molar-refractivity contribution is 7.89. The predicted octanol–water partition coefficient (Wildman–Crippen LogP) is 3.08. The van der Waals surface area contributed by atoms with Crippen molar-refractivity contribution in [3.8, 4) is 0 Å². The van der Waals surface area contributed by atoms with Crippen LogP contribution in [0.25, 0.3) is 0 Å². The van der Waals surface area contributed by atoms with Gasteiger partial charge in [-0.05, 0) is 55.1 Å². The van der Waals surface area contributed by atoms with Crippen LogP contribution in [0.4, 0.5) is 0 Å². The van der Waals surface area contributed by atoms with Gasteiger partial charge in [-0.25, -0.2) is 13.4 Å². The summed E-state index contributed by atoms with van der Waals surface area (Å²) in [5, 5.41) is 6.63. The van der Waals surface area contributed by atoms with Crippen molar-refractivity contribution in [1.82, 2.24) is 15.5 Å². The number of sulfone groups is 1. The molecule has 3 rings (SSSR count). The van der Waals surface area contributed by atoms with Gasteiger partial charge in [-0.15, -0.1) is 0 Å². The van der Waals surface area contributed by atoms with Gasteiger partial charge in [0.2, 0.25) is 0 Å². The molecular formula is C24H34N4O2S. The molecule has 0 saturated carbocycles. The molecular weight excluding hydrogens is 408 g/mol. The number of hydrogen-bond acceptors (Lipinski definition) is 4. The van der Waals surface area contributed by atoms with Crippen molar-refractivity contribution >= 4 is 15.8 Å². The Morgan fingerprint density at radius 3 is 2.10 bits per heavy atom. The zero-order chi connectivity index (χ0) is 22.1. The molecule has 2 aromatic carbocycles. The van der Waals surface area contributed by atoms with E-state index in [9.17, 15) is 8.42 Å². The topological polar surface area (TPSA) is 73.8 Å². The zero-order valence-corrected chi connectivity index (χ0v) is 19.4. The minimum Gasteiger partial charge on any atom is -0.357 e. The predicted molar refractivity (Wildman–Crippen MR) is 128 cm³/mol. The van der Waals surface area contributed by atoms with Crippen LogP contribution >= 0.6 is 0 Å². The second-order valence-corrected chi connectivity index (χ2v) is 10.4. The number of hydrogen-bond donors (Lipinski definition) is 2. The fourth-order valence-electron chi connectivity index (χ4n) is 3.70. The third kappa shape index (κ3) is 8.34. The number of benzene rings is 2. The lowest BCUT2D eigenvalue weighted by molar-refractivity contribution is 0.331. The summed E-state index contributed by atoms with van der Waals surface area (Å²) < 4.78 is 22.8. The van der Waals surface area contributed by atoms with Crippen LogP contribution in [0.15, 0.2) is 53.5 Å². The van der Waals surface area contributed by atoms with Crippen molar-refractivity contribution in [3.05, 3.63) is 70.8 Å². The monoisotopic (exact) mass is 442 g/mol. The van der Waals surface area contributed by atoms with E-state index in [1.54, 1.807) is 0 Å². The first kappa shape index (κ1) is 23.3. The molecule has 1 aliphatic heterocycles. The molecule has 1 aliphatic rings. The fourth-order valence-corrected chi connectivity index (χ4v) is 4.50. The molecule has 6 nitrogen and oxygen atoms in total. The highest BCUT2D eigenvalue weighted by Crippen LogP contribution is 2.14. The average Bonchev–Trinajstić information content (AvgIpc) is 3.24. The van der Waals surface area contributed by atoms with E-state index in [-0.39, 0.29) is 5.75 Å². The summed E-state index contributed by atoms with van der Waals surface area (Å²) in [4.78, 5) is 7.21. The Morgan fingerprint density at radius 2 is 1.48 bits per heavy atom. The molecule has 2 N–H and O–H groups in total. The van der Waals surface area contributed by atoms with Crippen LogP contribution in [0.5, 0.6) is 0 Å². The minimum absolute atomic E-state index is 0.0711. The molecule has 1 heterocycles. The summed E-state index contributed by atoms with van der Waals surface area (Å²) in [5.41, 5.74) is 4.43. The molecule has 0 bridgehead atoms. The number of nitrogens with one attached hydrogen (secondary N) is 2. The maximum absolute atomic E-state index is 11.4. The summed E-state index contributed by atoms with van der Waals surface area (Å²) >= 11 is 0. The second-order valence-electron chi connectivity index (χ2n) is 8.24. The highest BCUT2D eigenvalue weighted by atomic mass is 32.2. The van der Waals surface area contributed by atoms with E-state index in [2.05, 4.69) is 39.8 Å². The van der Waals surface area contributed by atoms with Crippen LogP contribution in [-0.2, 0) is 35.2 Å². The van der Waals surface area contributed by atoms with Gasteiger partial charge in [0.25, 0.3) is 0 Å². The normalized spacial score (nSPS) is 15.2. The van der Waals surface area contributed by atoms with Crippen molar-refractivity contribution < 1.29 is 8.42 Å². The molecule has 0 unspecified atom stereocenters. The molecule has 1 fully saturated rings. The Morgan fingerprint density at radius 1 is 0.903 bits per heavy atom. The Bertz CT molecular complexity index is 948. The van der Waals surface area contributed by atoms with Gasteiger partial charge in [-0.3, -0.25) is 4.90 Å². The molecule has 0 aliphatic carbocycles. The Kier molecular flexibility index (Phi) is 8.49. The first-order valence-corrected chi connectivity index (χ1v) is 13.1. The third-order valence-corrected chi connectivity index (χ3v) is 6.16. The smallest absolute Gasteiger partial charge is 0.191 e. The van der Waals surface area contributed by atoms with Crippen LogP contribution in [-0.4, -0.2) is 45.2 Å². The highest BCUT2D eigenvalue weighted by Gasteiger charge is 2.11. The van der Waals surface area contributed by atoms with Crippen LogP contribution in [0.3, 0.4) is 0 Å². The van der Waals surface area contributed by atoms with E-state index in [0.717, 1.165) is 30.2 Å². The van der Waals surface area contributed by atoms with E-state index < -0.39 is 9.84 Å². The van der Waals surface area contributed by atoms with Crippen molar-refractivity contribution in [2.75, 3.05) is 25.9 Å². The van der Waals surface area contributed by atoms with Crippen LogP contribution in [0.2, 0.25) is 0 Å². The number of aliphatic imine (C=N–C) groups is 1. The molecule has 168 valence electrons. The van der Waals surface area contributed by atoms with Crippen molar-refractivity contribution in [3.63, 3.8) is 0 Å². The van der Waals surface area contributed by atoms with E-state index in [4.69, 9.17) is 4.99 Å². The maximum Gasteiger partial charge on any atom is 0.191 e. The van der Waals surface area contributed by atoms with Crippen molar-refractivity contribution in [2.24, 2.45) is 4.99 Å². The van der Waals surface area contributed by atoms with Gasteiger partial charge < -0.3 is 10.6 Å². The van der Waals surface area contributed by atoms with Crippen LogP contribution in [0, 0.1) is 0 Å². The molecule has 31 heavy (non-hydrogen) atoms. The lowest BCUT2D eigenvalue weighted by Gasteiger charge is -2.14. The quantitative estimate of drug-likeness (QED) is 0.461. The average molecular weight is 443 g/mol. The van der Waals surface area contributed by atoms with Crippen LogP contribution in [0.1, 0.15) is 42.0 Å². The Balaban J connectivity index is 1.52. The summed E-state index contributed by atoms with van der Waals surface area (Å²) in [6.45, 7) is 7.54. The van der Waals surface area contributed by atoms with Gasteiger partial charge >= 0.3 is 0 Å². The number of guanidine groups is 1. The number of nitrogens with zero attached hydrogens (tertiary/aromatic N) is 2. The number of likely N-dealkylation sites (tertiary alicyclic amines) is 1. The van der Waals surface area contributed by atoms with Gasteiger partial charge in [0.1, 0.15) is 0 Å². The summed E-state index contributed by atoms with van der Waals surface area (Å²) in [7, 11) is -3.01. The molecule has 0 radical (unpaired) electrons. The third-order valence-electron chi connectivity index (χ3n) is 5.30. The number of rotatable bonds is 9. The first-order valence-electron chi connectivity index (χ1n) is 11.0.